The molecule has 1 amide bonds. The zero-order valence-electron chi connectivity index (χ0n) is 15.4. The smallest absolute Gasteiger partial charge is 0.262 e. The molecule has 0 aliphatic carbocycles. The molecule has 0 unspecified atom stereocenters. The van der Waals surface area contributed by atoms with Gasteiger partial charge in [-0.05, 0) is 29.7 Å². The lowest BCUT2D eigenvalue weighted by Gasteiger charge is -2.30. The van der Waals surface area contributed by atoms with Gasteiger partial charge in [-0.25, -0.2) is 0 Å². The summed E-state index contributed by atoms with van der Waals surface area (Å²) in [6.45, 7) is 2.80. The van der Waals surface area contributed by atoms with E-state index < -0.39 is 0 Å². The molecule has 0 aromatic heterocycles. The molecule has 6 heteroatoms. The molecule has 28 heavy (non-hydrogen) atoms. The molecule has 0 saturated carbocycles. The van der Waals surface area contributed by atoms with E-state index in [0.29, 0.717) is 29.7 Å². The number of anilines is 2. The first-order valence-corrected chi connectivity index (χ1v) is 9.61. The Morgan fingerprint density at radius 3 is 2.71 bits per heavy atom. The normalized spacial score (nSPS) is 14.1. The number of amides is 1. The molecule has 144 valence electrons. The minimum absolute atomic E-state index is 0.0803. The van der Waals surface area contributed by atoms with Crippen LogP contribution in [-0.4, -0.2) is 38.8 Å². The highest BCUT2D eigenvalue weighted by molar-refractivity contribution is 6.31. The number of nitrogens with one attached hydrogen (secondary N) is 1. The summed E-state index contributed by atoms with van der Waals surface area (Å²) in [5.41, 5.74) is 1.62. The molecule has 0 bridgehead atoms. The van der Waals surface area contributed by atoms with Gasteiger partial charge < -0.3 is 19.7 Å². The number of morpholine rings is 1. The summed E-state index contributed by atoms with van der Waals surface area (Å²) < 4.78 is 11.2. The number of hydrogen-bond donors (Lipinski definition) is 1. The first-order chi connectivity index (χ1) is 13.7. The molecular weight excluding hydrogens is 376 g/mol. The van der Waals surface area contributed by atoms with Gasteiger partial charge in [0, 0.05) is 23.5 Å². The number of halogens is 1. The van der Waals surface area contributed by atoms with Crippen LogP contribution in [0.3, 0.4) is 0 Å². The molecule has 1 aliphatic heterocycles. The Morgan fingerprint density at radius 1 is 1.07 bits per heavy atom. The number of fused-ring (bicyclic) bond motifs is 1. The van der Waals surface area contributed by atoms with E-state index in [0.717, 1.165) is 29.5 Å². The average molecular weight is 397 g/mol. The third kappa shape index (κ3) is 4.21. The molecule has 0 spiro atoms. The van der Waals surface area contributed by atoms with E-state index in [9.17, 15) is 4.79 Å². The predicted octanol–water partition coefficient (Wildman–Crippen LogP) is 4.35. The Morgan fingerprint density at radius 2 is 1.86 bits per heavy atom. The second-order valence-corrected chi connectivity index (χ2v) is 7.01. The van der Waals surface area contributed by atoms with Crippen LogP contribution < -0.4 is 15.0 Å². The molecule has 1 saturated heterocycles. The minimum atomic E-state index is -0.232. The van der Waals surface area contributed by atoms with E-state index in [1.54, 1.807) is 6.07 Å². The highest BCUT2D eigenvalue weighted by Gasteiger charge is 2.17. The molecule has 0 atom stereocenters. The van der Waals surface area contributed by atoms with Crippen LogP contribution >= 0.6 is 11.6 Å². The van der Waals surface area contributed by atoms with Gasteiger partial charge >= 0.3 is 0 Å². The average Bonchev–Trinajstić information content (AvgIpc) is 2.73. The van der Waals surface area contributed by atoms with Crippen LogP contribution in [0, 0.1) is 0 Å². The third-order valence-electron chi connectivity index (χ3n) is 4.69. The van der Waals surface area contributed by atoms with Crippen LogP contribution in [0.5, 0.6) is 5.75 Å². The molecule has 1 fully saturated rings. The van der Waals surface area contributed by atoms with E-state index in [1.807, 2.05) is 54.6 Å². The van der Waals surface area contributed by atoms with E-state index in [1.165, 1.54) is 0 Å². The van der Waals surface area contributed by atoms with Crippen molar-refractivity contribution < 1.29 is 14.3 Å². The lowest BCUT2D eigenvalue weighted by Crippen LogP contribution is -2.37. The lowest BCUT2D eigenvalue weighted by molar-refractivity contribution is -0.118. The molecule has 5 nitrogen and oxygen atoms in total. The molecule has 1 aliphatic rings. The van der Waals surface area contributed by atoms with Gasteiger partial charge in [0.15, 0.2) is 6.61 Å². The highest BCUT2D eigenvalue weighted by atomic mass is 35.5. The molecule has 4 rings (SSSR count). The number of ether oxygens (including phenoxy) is 2. The van der Waals surface area contributed by atoms with Crippen LogP contribution in [0.1, 0.15) is 0 Å². The van der Waals surface area contributed by atoms with Crippen molar-refractivity contribution in [1.29, 1.82) is 0 Å². The van der Waals surface area contributed by atoms with E-state index >= 15 is 0 Å². The van der Waals surface area contributed by atoms with Gasteiger partial charge in [0.05, 0.1) is 24.6 Å². The van der Waals surface area contributed by atoms with Gasteiger partial charge in [-0.15, -0.1) is 0 Å². The summed E-state index contributed by atoms with van der Waals surface area (Å²) in [4.78, 5) is 14.7. The monoisotopic (exact) mass is 396 g/mol. The Hall–Kier alpha value is -2.76. The van der Waals surface area contributed by atoms with Crippen molar-refractivity contribution in [2.75, 3.05) is 43.1 Å². The quantitative estimate of drug-likeness (QED) is 0.696. The fraction of sp³-hybridized carbons (Fsp3) is 0.227. The summed E-state index contributed by atoms with van der Waals surface area (Å²) in [6, 6.07) is 19.3. The van der Waals surface area contributed by atoms with Gasteiger partial charge in [0.1, 0.15) is 5.75 Å². The topological polar surface area (TPSA) is 50.8 Å². The van der Waals surface area contributed by atoms with Crippen LogP contribution in [0.4, 0.5) is 11.4 Å². The lowest BCUT2D eigenvalue weighted by atomic mass is 10.1. The van der Waals surface area contributed by atoms with E-state index in [2.05, 4.69) is 10.2 Å². The van der Waals surface area contributed by atoms with Crippen molar-refractivity contribution in [1.82, 2.24) is 0 Å². The number of carbonyl (C=O) groups is 1. The highest BCUT2D eigenvalue weighted by Crippen LogP contribution is 2.30. The van der Waals surface area contributed by atoms with Crippen molar-refractivity contribution in [3.63, 3.8) is 0 Å². The van der Waals surface area contributed by atoms with Crippen molar-refractivity contribution in [2.24, 2.45) is 0 Å². The molecule has 1 N–H and O–H groups in total. The number of nitrogens with zero attached hydrogens (tertiary/aromatic N) is 1. The molecule has 1 heterocycles. The summed E-state index contributed by atoms with van der Waals surface area (Å²) in [7, 11) is 0. The number of benzene rings is 3. The van der Waals surface area contributed by atoms with Gasteiger partial charge in [-0.1, -0.05) is 48.0 Å². The van der Waals surface area contributed by atoms with Crippen molar-refractivity contribution in [3.8, 4) is 5.75 Å². The van der Waals surface area contributed by atoms with Crippen molar-refractivity contribution in [2.45, 2.75) is 0 Å². The number of rotatable bonds is 5. The van der Waals surface area contributed by atoms with Crippen LogP contribution in [0.25, 0.3) is 10.8 Å². The largest absolute Gasteiger partial charge is 0.483 e. The zero-order chi connectivity index (χ0) is 19.3. The zero-order valence-corrected chi connectivity index (χ0v) is 16.1. The standard InChI is InChI=1S/C22H21ClN2O3/c23-17-8-9-20(25-10-12-27-13-11-25)19(14-17)24-22(26)15-28-21-7-3-5-16-4-1-2-6-18(16)21/h1-9,14H,10-13,15H2,(H,24,26). The van der Waals surface area contributed by atoms with Crippen LogP contribution in [-0.2, 0) is 9.53 Å². The molecule has 3 aromatic carbocycles. The fourth-order valence-corrected chi connectivity index (χ4v) is 3.51. The van der Waals surface area contributed by atoms with Gasteiger partial charge in [0.25, 0.3) is 5.91 Å². The van der Waals surface area contributed by atoms with Gasteiger partial charge in [-0.3, -0.25) is 4.79 Å². The Kier molecular flexibility index (Phi) is 5.65. The maximum Gasteiger partial charge on any atom is 0.262 e. The Labute approximate surface area is 168 Å². The van der Waals surface area contributed by atoms with E-state index in [-0.39, 0.29) is 12.5 Å². The Bertz CT molecular complexity index is 981. The molecular formula is C22H21ClN2O3. The summed E-state index contributed by atoms with van der Waals surface area (Å²) in [5.74, 6) is 0.456. The van der Waals surface area contributed by atoms with Crippen LogP contribution in [0.2, 0.25) is 5.02 Å². The number of carbonyl (C=O) groups excluding carboxylic acids is 1. The van der Waals surface area contributed by atoms with Crippen LogP contribution in [0.15, 0.2) is 60.7 Å². The summed E-state index contributed by atoms with van der Waals surface area (Å²) >= 11 is 6.15. The fourth-order valence-electron chi connectivity index (χ4n) is 3.34. The summed E-state index contributed by atoms with van der Waals surface area (Å²) in [5, 5.41) is 5.56. The second-order valence-electron chi connectivity index (χ2n) is 6.58. The predicted molar refractivity (Wildman–Crippen MR) is 113 cm³/mol. The molecule has 0 radical (unpaired) electrons. The molecule has 3 aromatic rings. The van der Waals surface area contributed by atoms with Gasteiger partial charge in [0.2, 0.25) is 0 Å². The minimum Gasteiger partial charge on any atom is -0.483 e. The van der Waals surface area contributed by atoms with E-state index in [4.69, 9.17) is 21.1 Å². The van der Waals surface area contributed by atoms with Gasteiger partial charge in [-0.2, -0.15) is 0 Å². The first-order valence-electron chi connectivity index (χ1n) is 9.23. The Balaban J connectivity index is 1.47. The summed E-state index contributed by atoms with van der Waals surface area (Å²) in [6.07, 6.45) is 0. The third-order valence-corrected chi connectivity index (χ3v) is 4.93. The second kappa shape index (κ2) is 8.50. The number of hydrogen-bond acceptors (Lipinski definition) is 4. The van der Waals surface area contributed by atoms with Crippen molar-refractivity contribution >= 4 is 39.7 Å². The SMILES string of the molecule is O=C(COc1cccc2ccccc12)Nc1cc(Cl)ccc1N1CCOCC1. The maximum absolute atomic E-state index is 12.5. The van der Waals surface area contributed by atoms with Crippen molar-refractivity contribution in [3.05, 3.63) is 65.7 Å². The maximum atomic E-state index is 12.5. The first kappa shape index (κ1) is 18.6.